The zero-order valence-electron chi connectivity index (χ0n) is 8.60. The van der Waals surface area contributed by atoms with Crippen LogP contribution in [0.5, 0.6) is 5.75 Å². The third-order valence-electron chi connectivity index (χ3n) is 2.75. The smallest absolute Gasteiger partial charge is 0.142 e. The lowest BCUT2D eigenvalue weighted by Gasteiger charge is -2.17. The minimum absolute atomic E-state index is 0.0301. The lowest BCUT2D eigenvalue weighted by molar-refractivity contribution is 0.147. The second-order valence-electron chi connectivity index (χ2n) is 3.93. The van der Waals surface area contributed by atoms with Gasteiger partial charge in [0.05, 0.1) is 17.7 Å². The highest BCUT2D eigenvalue weighted by atomic mass is 35.5. The van der Waals surface area contributed by atoms with Gasteiger partial charge in [-0.2, -0.15) is 0 Å². The molecule has 0 radical (unpaired) electrons. The molecule has 0 aliphatic heterocycles. The quantitative estimate of drug-likeness (QED) is 0.847. The van der Waals surface area contributed by atoms with Crippen LogP contribution < -0.4 is 4.74 Å². The molecule has 0 heterocycles. The standard InChI is InChI=1S/C11H12ClFO2/c1-6-5-7(13)9(12)8(10(6)15-2)11(14)3-4-11/h5,14H,3-4H2,1-2H3. The molecule has 1 saturated carbocycles. The third kappa shape index (κ3) is 1.60. The second-order valence-corrected chi connectivity index (χ2v) is 4.31. The van der Waals surface area contributed by atoms with E-state index in [1.54, 1.807) is 6.92 Å². The molecule has 0 unspecified atom stereocenters. The number of methoxy groups -OCH3 is 1. The van der Waals surface area contributed by atoms with Crippen molar-refractivity contribution in [3.05, 3.63) is 28.0 Å². The van der Waals surface area contributed by atoms with Crippen molar-refractivity contribution in [3.63, 3.8) is 0 Å². The number of rotatable bonds is 2. The van der Waals surface area contributed by atoms with Crippen molar-refractivity contribution in [2.24, 2.45) is 0 Å². The minimum Gasteiger partial charge on any atom is -0.496 e. The van der Waals surface area contributed by atoms with E-state index in [2.05, 4.69) is 0 Å². The molecule has 1 aromatic rings. The van der Waals surface area contributed by atoms with Crippen molar-refractivity contribution in [1.82, 2.24) is 0 Å². The minimum atomic E-state index is -0.991. The zero-order valence-corrected chi connectivity index (χ0v) is 9.36. The molecule has 1 aromatic carbocycles. The Hall–Kier alpha value is -0.800. The van der Waals surface area contributed by atoms with Crippen LogP contribution in [-0.2, 0) is 5.60 Å². The van der Waals surface area contributed by atoms with E-state index in [1.807, 2.05) is 0 Å². The van der Waals surface area contributed by atoms with Crippen LogP contribution in [0.15, 0.2) is 6.07 Å². The van der Waals surface area contributed by atoms with E-state index in [0.29, 0.717) is 29.7 Å². The lowest BCUT2D eigenvalue weighted by atomic mass is 10.0. The summed E-state index contributed by atoms with van der Waals surface area (Å²) in [5.74, 6) is -0.0216. The summed E-state index contributed by atoms with van der Waals surface area (Å²) in [6.07, 6.45) is 1.21. The Morgan fingerprint density at radius 3 is 2.60 bits per heavy atom. The van der Waals surface area contributed by atoms with Crippen molar-refractivity contribution in [3.8, 4) is 5.75 Å². The van der Waals surface area contributed by atoms with Crippen molar-refractivity contribution >= 4 is 11.6 Å². The summed E-state index contributed by atoms with van der Waals surface area (Å²) in [7, 11) is 1.49. The largest absolute Gasteiger partial charge is 0.496 e. The van der Waals surface area contributed by atoms with E-state index < -0.39 is 11.4 Å². The fourth-order valence-electron chi connectivity index (χ4n) is 1.78. The van der Waals surface area contributed by atoms with Gasteiger partial charge in [-0.15, -0.1) is 0 Å². The van der Waals surface area contributed by atoms with Crippen LogP contribution in [0.4, 0.5) is 4.39 Å². The Morgan fingerprint density at radius 1 is 1.53 bits per heavy atom. The molecule has 0 atom stereocenters. The number of hydrogen-bond donors (Lipinski definition) is 1. The molecular formula is C11H12ClFO2. The van der Waals surface area contributed by atoms with Gasteiger partial charge in [0.15, 0.2) is 0 Å². The summed E-state index contributed by atoms with van der Waals surface area (Å²) < 4.78 is 18.6. The Morgan fingerprint density at radius 2 is 2.13 bits per heavy atom. The summed E-state index contributed by atoms with van der Waals surface area (Å²) in [4.78, 5) is 0. The molecule has 2 rings (SSSR count). The first-order valence-electron chi connectivity index (χ1n) is 4.75. The van der Waals surface area contributed by atoms with Gasteiger partial charge in [0.25, 0.3) is 0 Å². The van der Waals surface area contributed by atoms with Crippen molar-refractivity contribution in [1.29, 1.82) is 0 Å². The molecule has 1 aliphatic rings. The maximum atomic E-state index is 13.4. The summed E-state index contributed by atoms with van der Waals surface area (Å²) >= 11 is 5.86. The Balaban J connectivity index is 2.68. The van der Waals surface area contributed by atoms with Gasteiger partial charge in [0.1, 0.15) is 11.6 Å². The van der Waals surface area contributed by atoms with Crippen LogP contribution in [0.1, 0.15) is 24.0 Å². The monoisotopic (exact) mass is 230 g/mol. The molecule has 0 aromatic heterocycles. The molecule has 0 spiro atoms. The van der Waals surface area contributed by atoms with E-state index in [-0.39, 0.29) is 5.02 Å². The fourth-order valence-corrected chi connectivity index (χ4v) is 2.10. The first kappa shape index (κ1) is 10.7. The second kappa shape index (κ2) is 3.35. The number of ether oxygens (including phenoxy) is 1. The van der Waals surface area contributed by atoms with Gasteiger partial charge in [-0.1, -0.05) is 11.6 Å². The summed E-state index contributed by atoms with van der Waals surface area (Å²) in [5.41, 5.74) is 0.0499. The highest BCUT2D eigenvalue weighted by Crippen LogP contribution is 2.52. The highest BCUT2D eigenvalue weighted by Gasteiger charge is 2.46. The summed E-state index contributed by atoms with van der Waals surface area (Å²) in [5, 5.41) is 9.98. The number of hydrogen-bond acceptors (Lipinski definition) is 2. The Bertz CT molecular complexity index is 414. The fraction of sp³-hybridized carbons (Fsp3) is 0.455. The van der Waals surface area contributed by atoms with Gasteiger partial charge >= 0.3 is 0 Å². The van der Waals surface area contributed by atoms with E-state index in [1.165, 1.54) is 13.2 Å². The van der Waals surface area contributed by atoms with Gasteiger partial charge in [-0.05, 0) is 31.4 Å². The van der Waals surface area contributed by atoms with Crippen LogP contribution in [0, 0.1) is 12.7 Å². The summed E-state index contributed by atoms with van der Waals surface area (Å²) in [6, 6.07) is 1.32. The number of halogens is 2. The average molecular weight is 231 g/mol. The summed E-state index contributed by atoms with van der Waals surface area (Å²) in [6.45, 7) is 1.73. The molecule has 15 heavy (non-hydrogen) atoms. The topological polar surface area (TPSA) is 29.5 Å². The van der Waals surface area contributed by atoms with Gasteiger partial charge in [0.2, 0.25) is 0 Å². The number of aryl methyl sites for hydroxylation is 1. The number of aliphatic hydroxyl groups is 1. The van der Waals surface area contributed by atoms with Crippen LogP contribution in [-0.4, -0.2) is 12.2 Å². The molecular weight excluding hydrogens is 219 g/mol. The zero-order chi connectivity index (χ0) is 11.2. The van der Waals surface area contributed by atoms with Crippen LogP contribution in [0.25, 0.3) is 0 Å². The average Bonchev–Trinajstić information content (AvgIpc) is 2.90. The van der Waals surface area contributed by atoms with Gasteiger partial charge in [-0.25, -0.2) is 4.39 Å². The van der Waals surface area contributed by atoms with E-state index in [4.69, 9.17) is 16.3 Å². The van der Waals surface area contributed by atoms with E-state index >= 15 is 0 Å². The van der Waals surface area contributed by atoms with Crippen molar-refractivity contribution in [2.75, 3.05) is 7.11 Å². The highest BCUT2D eigenvalue weighted by molar-refractivity contribution is 6.32. The maximum absolute atomic E-state index is 13.4. The van der Waals surface area contributed by atoms with E-state index in [9.17, 15) is 9.50 Å². The molecule has 0 saturated heterocycles. The third-order valence-corrected chi connectivity index (χ3v) is 3.12. The van der Waals surface area contributed by atoms with Crippen LogP contribution in [0.2, 0.25) is 5.02 Å². The normalized spacial score (nSPS) is 17.7. The molecule has 1 N–H and O–H groups in total. The molecule has 0 bridgehead atoms. The molecule has 1 fully saturated rings. The predicted molar refractivity (Wildman–Crippen MR) is 55.8 cm³/mol. The molecule has 2 nitrogen and oxygen atoms in total. The van der Waals surface area contributed by atoms with Gasteiger partial charge < -0.3 is 9.84 Å². The maximum Gasteiger partial charge on any atom is 0.142 e. The molecule has 82 valence electrons. The first-order valence-corrected chi connectivity index (χ1v) is 5.13. The Kier molecular flexibility index (Phi) is 2.40. The SMILES string of the molecule is COc1c(C)cc(F)c(Cl)c1C1(O)CC1. The van der Waals surface area contributed by atoms with E-state index in [0.717, 1.165) is 0 Å². The van der Waals surface area contributed by atoms with Crippen LogP contribution >= 0.6 is 11.6 Å². The first-order chi connectivity index (χ1) is 6.99. The molecule has 0 amide bonds. The van der Waals surface area contributed by atoms with Crippen molar-refractivity contribution < 1.29 is 14.2 Å². The molecule has 4 heteroatoms. The van der Waals surface area contributed by atoms with Crippen LogP contribution in [0.3, 0.4) is 0 Å². The van der Waals surface area contributed by atoms with Crippen molar-refractivity contribution in [2.45, 2.75) is 25.4 Å². The predicted octanol–water partition coefficient (Wildman–Crippen LogP) is 2.78. The number of benzene rings is 1. The lowest BCUT2D eigenvalue weighted by Crippen LogP contribution is -2.10. The Labute approximate surface area is 92.6 Å². The van der Waals surface area contributed by atoms with Gasteiger partial charge in [0, 0.05) is 5.56 Å². The van der Waals surface area contributed by atoms with Gasteiger partial charge in [-0.3, -0.25) is 0 Å². The molecule has 1 aliphatic carbocycles.